The first-order chi connectivity index (χ1) is 15.2. The molecule has 7 heteroatoms. The van der Waals surface area contributed by atoms with Gasteiger partial charge in [-0.05, 0) is 18.1 Å². The van der Waals surface area contributed by atoms with Crippen molar-refractivity contribution in [3.05, 3.63) is 77.0 Å². The van der Waals surface area contributed by atoms with Crippen molar-refractivity contribution in [2.24, 2.45) is 0 Å². The normalized spacial score (nSPS) is 18.1. The molecule has 2 aliphatic heterocycles. The first-order valence-corrected chi connectivity index (χ1v) is 10.7. The van der Waals surface area contributed by atoms with E-state index in [2.05, 4.69) is 22.0 Å². The number of phenolic OH excluding ortho intramolecular Hbond substituents is 1. The number of nitrogens with one attached hydrogen (secondary N) is 1. The average molecular weight is 418 g/mol. The van der Waals surface area contributed by atoms with E-state index in [9.17, 15) is 5.11 Å². The van der Waals surface area contributed by atoms with Crippen molar-refractivity contribution in [1.29, 1.82) is 5.41 Å². The fraction of sp³-hybridized carbons (Fsp3) is 0.333. The van der Waals surface area contributed by atoms with Crippen molar-refractivity contribution in [1.82, 2.24) is 14.5 Å². The van der Waals surface area contributed by atoms with Crippen LogP contribution in [0, 0.1) is 5.41 Å². The third-order valence-electron chi connectivity index (χ3n) is 6.00. The quantitative estimate of drug-likeness (QED) is 0.520. The SMILES string of the molecule is N=c1c2c(ncn1CCCN1CCOCC1)Oc1cc(O)ccc1[C@@H]2c1ccccc1. The van der Waals surface area contributed by atoms with Gasteiger partial charge in [0.2, 0.25) is 5.88 Å². The molecule has 2 aromatic carbocycles. The smallest absolute Gasteiger partial charge is 0.228 e. The van der Waals surface area contributed by atoms with Gasteiger partial charge in [-0.15, -0.1) is 0 Å². The van der Waals surface area contributed by atoms with E-state index >= 15 is 0 Å². The van der Waals surface area contributed by atoms with Crippen LogP contribution in [0.4, 0.5) is 0 Å². The van der Waals surface area contributed by atoms with E-state index in [0.29, 0.717) is 17.1 Å². The second kappa shape index (κ2) is 8.53. The highest BCUT2D eigenvalue weighted by molar-refractivity contribution is 5.57. The van der Waals surface area contributed by atoms with Gasteiger partial charge in [0.1, 0.15) is 23.3 Å². The third kappa shape index (κ3) is 3.94. The number of benzene rings is 2. The fourth-order valence-electron chi connectivity index (χ4n) is 4.41. The highest BCUT2D eigenvalue weighted by atomic mass is 16.5. The number of ether oxygens (including phenoxy) is 2. The highest BCUT2D eigenvalue weighted by Crippen LogP contribution is 2.45. The number of nitrogens with zero attached hydrogens (tertiary/aromatic N) is 3. The Balaban J connectivity index is 1.48. The second-order valence-electron chi connectivity index (χ2n) is 7.98. The Morgan fingerprint density at radius 3 is 2.68 bits per heavy atom. The summed E-state index contributed by atoms with van der Waals surface area (Å²) < 4.78 is 13.3. The van der Waals surface area contributed by atoms with Crippen LogP contribution in [0.3, 0.4) is 0 Å². The average Bonchev–Trinajstić information content (AvgIpc) is 2.80. The van der Waals surface area contributed by atoms with E-state index in [1.807, 2.05) is 28.8 Å². The number of morpholine rings is 1. The Hall–Kier alpha value is -3.16. The molecule has 160 valence electrons. The van der Waals surface area contributed by atoms with Crippen LogP contribution in [0.25, 0.3) is 0 Å². The summed E-state index contributed by atoms with van der Waals surface area (Å²) >= 11 is 0. The van der Waals surface area contributed by atoms with Gasteiger partial charge in [-0.25, -0.2) is 4.98 Å². The van der Waals surface area contributed by atoms with Crippen LogP contribution < -0.4 is 10.2 Å². The molecular formula is C24H26N4O3. The van der Waals surface area contributed by atoms with E-state index in [0.717, 1.165) is 62.5 Å². The van der Waals surface area contributed by atoms with E-state index in [1.165, 1.54) is 0 Å². The summed E-state index contributed by atoms with van der Waals surface area (Å²) in [6.07, 6.45) is 2.63. The minimum atomic E-state index is -0.174. The van der Waals surface area contributed by atoms with Crippen LogP contribution in [-0.2, 0) is 11.3 Å². The molecule has 2 aliphatic rings. The molecule has 1 aromatic heterocycles. The lowest BCUT2D eigenvalue weighted by molar-refractivity contribution is 0.0369. The van der Waals surface area contributed by atoms with Gasteiger partial charge in [-0.2, -0.15) is 0 Å². The van der Waals surface area contributed by atoms with Crippen molar-refractivity contribution in [3.8, 4) is 17.4 Å². The summed E-state index contributed by atoms with van der Waals surface area (Å²) in [6, 6.07) is 15.3. The largest absolute Gasteiger partial charge is 0.508 e. The Morgan fingerprint density at radius 1 is 1.06 bits per heavy atom. The molecule has 0 bridgehead atoms. The van der Waals surface area contributed by atoms with Gasteiger partial charge in [0.25, 0.3) is 0 Å². The molecule has 2 N–H and O–H groups in total. The molecule has 1 atom stereocenters. The summed E-state index contributed by atoms with van der Waals surface area (Å²) in [6.45, 7) is 5.22. The maximum atomic E-state index is 9.94. The van der Waals surface area contributed by atoms with Crippen molar-refractivity contribution in [2.45, 2.75) is 18.9 Å². The Kier molecular flexibility index (Phi) is 5.44. The van der Waals surface area contributed by atoms with Crippen molar-refractivity contribution in [2.75, 3.05) is 32.8 Å². The molecule has 7 nitrogen and oxygen atoms in total. The van der Waals surface area contributed by atoms with E-state index in [-0.39, 0.29) is 11.7 Å². The number of hydrogen-bond donors (Lipinski definition) is 2. The number of aromatic hydroxyl groups is 1. The molecule has 3 aromatic rings. The summed E-state index contributed by atoms with van der Waals surface area (Å²) in [4.78, 5) is 6.96. The van der Waals surface area contributed by atoms with Gasteiger partial charge in [-0.3, -0.25) is 10.3 Å². The highest BCUT2D eigenvalue weighted by Gasteiger charge is 2.32. The zero-order valence-electron chi connectivity index (χ0n) is 17.3. The van der Waals surface area contributed by atoms with Crippen LogP contribution in [0.1, 0.15) is 29.0 Å². The molecule has 0 aliphatic carbocycles. The van der Waals surface area contributed by atoms with Gasteiger partial charge >= 0.3 is 0 Å². The lowest BCUT2D eigenvalue weighted by Crippen LogP contribution is -2.37. The summed E-state index contributed by atoms with van der Waals surface area (Å²) in [5.74, 6) is 0.987. The standard InChI is InChI=1S/C24H26N4O3/c25-23-22-21(17-5-2-1-3-6-17)19-8-7-18(29)15-20(19)31-24(22)26-16-28(23)10-4-9-27-11-13-30-14-12-27/h1-3,5-8,15-16,21,25,29H,4,9-14H2/t21-/m0/s1. The van der Waals surface area contributed by atoms with Crippen LogP contribution in [0.5, 0.6) is 17.4 Å². The molecule has 31 heavy (non-hydrogen) atoms. The van der Waals surface area contributed by atoms with Crippen molar-refractivity contribution >= 4 is 0 Å². The molecular weight excluding hydrogens is 392 g/mol. The third-order valence-corrected chi connectivity index (χ3v) is 6.00. The molecule has 0 unspecified atom stereocenters. The molecule has 0 saturated carbocycles. The van der Waals surface area contributed by atoms with E-state index < -0.39 is 0 Å². The fourth-order valence-corrected chi connectivity index (χ4v) is 4.41. The lowest BCUT2D eigenvalue weighted by Gasteiger charge is -2.29. The number of phenols is 1. The first kappa shape index (κ1) is 19.8. The number of aromatic nitrogens is 2. The topological polar surface area (TPSA) is 83.6 Å². The van der Waals surface area contributed by atoms with Gasteiger partial charge in [0.05, 0.1) is 18.8 Å². The lowest BCUT2D eigenvalue weighted by atomic mass is 9.84. The molecule has 5 rings (SSSR count). The number of aryl methyl sites for hydroxylation is 1. The molecule has 0 radical (unpaired) electrons. The van der Waals surface area contributed by atoms with Gasteiger partial charge in [0, 0.05) is 43.7 Å². The summed E-state index contributed by atoms with van der Waals surface area (Å²) in [5.41, 5.74) is 3.18. The predicted molar refractivity (Wildman–Crippen MR) is 116 cm³/mol. The van der Waals surface area contributed by atoms with Gasteiger partial charge in [0.15, 0.2) is 0 Å². The van der Waals surface area contributed by atoms with E-state index in [1.54, 1.807) is 18.5 Å². The number of hydrogen-bond acceptors (Lipinski definition) is 6. The van der Waals surface area contributed by atoms with E-state index in [4.69, 9.17) is 14.9 Å². The summed E-state index contributed by atoms with van der Waals surface area (Å²) in [7, 11) is 0. The maximum Gasteiger partial charge on any atom is 0.228 e. The monoisotopic (exact) mass is 418 g/mol. The molecule has 1 saturated heterocycles. The molecule has 1 fully saturated rings. The van der Waals surface area contributed by atoms with Crippen LogP contribution in [0.15, 0.2) is 54.9 Å². The minimum Gasteiger partial charge on any atom is -0.508 e. The number of fused-ring (bicyclic) bond motifs is 2. The Labute approximate surface area is 181 Å². The van der Waals surface area contributed by atoms with Gasteiger partial charge < -0.3 is 19.1 Å². The Bertz CT molecular complexity index is 1120. The van der Waals surface area contributed by atoms with Crippen LogP contribution in [0.2, 0.25) is 0 Å². The molecule has 0 amide bonds. The van der Waals surface area contributed by atoms with Crippen LogP contribution in [-0.4, -0.2) is 52.4 Å². The maximum absolute atomic E-state index is 9.94. The zero-order chi connectivity index (χ0) is 21.2. The Morgan fingerprint density at radius 2 is 1.87 bits per heavy atom. The van der Waals surface area contributed by atoms with Crippen molar-refractivity contribution < 1.29 is 14.6 Å². The second-order valence-corrected chi connectivity index (χ2v) is 7.98. The van der Waals surface area contributed by atoms with Crippen molar-refractivity contribution in [3.63, 3.8) is 0 Å². The minimum absolute atomic E-state index is 0.147. The van der Waals surface area contributed by atoms with Crippen LogP contribution >= 0.6 is 0 Å². The number of rotatable bonds is 5. The predicted octanol–water partition coefficient (Wildman–Crippen LogP) is 3.08. The van der Waals surface area contributed by atoms with Gasteiger partial charge in [-0.1, -0.05) is 36.4 Å². The molecule has 3 heterocycles. The molecule has 0 spiro atoms. The summed E-state index contributed by atoms with van der Waals surface area (Å²) in [5, 5.41) is 18.9. The zero-order valence-corrected chi connectivity index (χ0v) is 17.3. The first-order valence-electron chi connectivity index (χ1n) is 10.7.